The van der Waals surface area contributed by atoms with Crippen LogP contribution < -0.4 is 15.8 Å². The van der Waals surface area contributed by atoms with Crippen molar-refractivity contribution in [1.29, 1.82) is 0 Å². The van der Waals surface area contributed by atoms with E-state index in [-0.39, 0.29) is 0 Å². The molecule has 64 valence electrons. The van der Waals surface area contributed by atoms with Crippen molar-refractivity contribution in [1.82, 2.24) is 9.91 Å². The fourth-order valence-corrected chi connectivity index (χ4v) is 1.58. The van der Waals surface area contributed by atoms with Gasteiger partial charge in [-0.1, -0.05) is 18.2 Å². The number of hydrogen-bond donors (Lipinski definition) is 2. The summed E-state index contributed by atoms with van der Waals surface area (Å²) < 4.78 is 0.529. The van der Waals surface area contributed by atoms with Gasteiger partial charge in [0.1, 0.15) is 6.54 Å². The number of rotatable bonds is 1. The van der Waals surface area contributed by atoms with E-state index in [9.17, 15) is 0 Å². The fraction of sp³-hybridized carbons (Fsp3) is 0.333. The second kappa shape index (κ2) is 2.86. The van der Waals surface area contributed by atoms with Crippen molar-refractivity contribution in [3.8, 4) is 0 Å². The molecule has 1 heterocycles. The molecule has 0 saturated carbocycles. The Morgan fingerprint density at radius 1 is 1.25 bits per heavy atom. The maximum absolute atomic E-state index is 6.16. The highest BCUT2D eigenvalue weighted by molar-refractivity contribution is 5.41. The van der Waals surface area contributed by atoms with Crippen molar-refractivity contribution >= 4 is 5.69 Å². The molecule has 1 atom stereocenters. The van der Waals surface area contributed by atoms with E-state index in [1.807, 2.05) is 18.2 Å². The summed E-state index contributed by atoms with van der Waals surface area (Å²) in [6.45, 7) is 2.82. The van der Waals surface area contributed by atoms with Crippen LogP contribution in [0.1, 0.15) is 0 Å². The third-order valence-electron chi connectivity index (χ3n) is 2.35. The minimum atomic E-state index is 0.529. The number of quaternary nitrogens is 1. The van der Waals surface area contributed by atoms with Gasteiger partial charge in [0, 0.05) is 12.1 Å². The van der Waals surface area contributed by atoms with Crippen LogP contribution in [0.3, 0.4) is 0 Å². The summed E-state index contributed by atoms with van der Waals surface area (Å²) in [6, 6.07) is 10.2. The first kappa shape index (κ1) is 7.73. The lowest BCUT2D eigenvalue weighted by Gasteiger charge is -2.25. The fourth-order valence-electron chi connectivity index (χ4n) is 1.58. The van der Waals surface area contributed by atoms with Crippen LogP contribution in [0.2, 0.25) is 0 Å². The minimum Gasteiger partial charge on any atom is -0.263 e. The number of nitrogens with two attached hydrogens (primary N) is 1. The van der Waals surface area contributed by atoms with Crippen molar-refractivity contribution < 1.29 is 0 Å². The van der Waals surface area contributed by atoms with E-state index in [4.69, 9.17) is 5.84 Å². The van der Waals surface area contributed by atoms with Crippen molar-refractivity contribution in [2.45, 2.75) is 0 Å². The predicted molar refractivity (Wildman–Crippen MR) is 50.2 cm³/mol. The van der Waals surface area contributed by atoms with E-state index in [2.05, 4.69) is 17.4 Å². The molecular weight excluding hydrogens is 150 g/mol. The molecule has 0 aromatic heterocycles. The molecule has 0 aliphatic carbocycles. The van der Waals surface area contributed by atoms with Crippen molar-refractivity contribution in [3.05, 3.63) is 30.3 Å². The second-order valence-corrected chi connectivity index (χ2v) is 3.25. The molecule has 3 heteroatoms. The normalized spacial score (nSPS) is 29.1. The molecule has 3 N–H and O–H groups in total. The summed E-state index contributed by atoms with van der Waals surface area (Å²) in [7, 11) is 0. The first-order chi connectivity index (χ1) is 5.81. The lowest BCUT2D eigenvalue weighted by molar-refractivity contribution is 0.343. The third-order valence-corrected chi connectivity index (χ3v) is 2.35. The lowest BCUT2D eigenvalue weighted by Crippen LogP contribution is -2.54. The zero-order valence-corrected chi connectivity index (χ0v) is 7.03. The predicted octanol–water partition coefficient (Wildman–Crippen LogP) is 0.428. The molecule has 1 aromatic carbocycles. The molecule has 12 heavy (non-hydrogen) atoms. The van der Waals surface area contributed by atoms with Crippen LogP contribution in [0, 0.1) is 0 Å². The van der Waals surface area contributed by atoms with Crippen molar-refractivity contribution in [3.63, 3.8) is 0 Å². The molecule has 1 unspecified atom stereocenters. The molecule has 0 bridgehead atoms. The Balaban J connectivity index is 2.29. The molecule has 1 saturated heterocycles. The molecule has 3 nitrogen and oxygen atoms in total. The van der Waals surface area contributed by atoms with E-state index in [0.29, 0.717) is 4.59 Å². The highest BCUT2D eigenvalue weighted by Crippen LogP contribution is 2.18. The van der Waals surface area contributed by atoms with Crippen LogP contribution in [0.5, 0.6) is 0 Å². The van der Waals surface area contributed by atoms with Gasteiger partial charge >= 0.3 is 0 Å². The van der Waals surface area contributed by atoms with E-state index in [0.717, 1.165) is 19.8 Å². The first-order valence-electron chi connectivity index (χ1n) is 4.23. The smallest absolute Gasteiger partial charge is 0.155 e. The average Bonchev–Trinajstić information content (AvgIpc) is 2.55. The molecule has 1 aliphatic heterocycles. The van der Waals surface area contributed by atoms with Gasteiger partial charge in [0.25, 0.3) is 0 Å². The van der Waals surface area contributed by atoms with E-state index >= 15 is 0 Å². The Morgan fingerprint density at radius 3 is 2.58 bits per heavy atom. The van der Waals surface area contributed by atoms with Gasteiger partial charge in [-0.25, -0.2) is 4.59 Å². The number of nitrogens with zero attached hydrogens (tertiary/aromatic N) is 1. The van der Waals surface area contributed by atoms with E-state index < -0.39 is 0 Å². The third kappa shape index (κ3) is 1.22. The van der Waals surface area contributed by atoms with Gasteiger partial charge in [-0.15, -0.1) is 0 Å². The quantitative estimate of drug-likeness (QED) is 0.466. The van der Waals surface area contributed by atoms with Crippen LogP contribution in [-0.4, -0.2) is 19.8 Å². The van der Waals surface area contributed by atoms with Crippen LogP contribution in [0.15, 0.2) is 30.3 Å². The summed E-state index contributed by atoms with van der Waals surface area (Å²) in [5, 5.41) is 3.26. The monoisotopic (exact) mass is 164 g/mol. The second-order valence-electron chi connectivity index (χ2n) is 3.25. The zero-order valence-electron chi connectivity index (χ0n) is 7.03. The summed E-state index contributed by atoms with van der Waals surface area (Å²) >= 11 is 0. The molecule has 2 rings (SSSR count). The van der Waals surface area contributed by atoms with Gasteiger partial charge in [0.2, 0.25) is 0 Å². The molecule has 1 aliphatic rings. The SMILES string of the molecule is N[N+]1(c2ccccc2)CCNC1. The standard InChI is InChI=1S/C9H14N3/c10-12(7-6-11-8-12)9-4-2-1-3-5-9/h1-5,11H,6-8,10H2/q+1. The van der Waals surface area contributed by atoms with Crippen LogP contribution in [0.4, 0.5) is 5.69 Å². The summed E-state index contributed by atoms with van der Waals surface area (Å²) in [6.07, 6.45) is 0. The Hall–Kier alpha value is -0.900. The maximum atomic E-state index is 6.16. The van der Waals surface area contributed by atoms with E-state index in [1.54, 1.807) is 0 Å². The van der Waals surface area contributed by atoms with Gasteiger partial charge in [0.05, 0.1) is 6.54 Å². The number of benzene rings is 1. The van der Waals surface area contributed by atoms with Crippen molar-refractivity contribution in [2.75, 3.05) is 19.8 Å². The highest BCUT2D eigenvalue weighted by Gasteiger charge is 2.30. The Bertz CT molecular complexity index is 252. The summed E-state index contributed by atoms with van der Waals surface area (Å²) in [5.74, 6) is 6.16. The summed E-state index contributed by atoms with van der Waals surface area (Å²) in [4.78, 5) is 0. The zero-order chi connectivity index (χ0) is 8.44. The molecule has 0 amide bonds. The van der Waals surface area contributed by atoms with Gasteiger partial charge in [0.15, 0.2) is 12.4 Å². The minimum absolute atomic E-state index is 0.529. The van der Waals surface area contributed by atoms with Crippen LogP contribution in [-0.2, 0) is 0 Å². The maximum Gasteiger partial charge on any atom is 0.155 e. The van der Waals surface area contributed by atoms with E-state index in [1.165, 1.54) is 5.69 Å². The Labute approximate surface area is 72.4 Å². The van der Waals surface area contributed by atoms with Crippen molar-refractivity contribution in [2.24, 2.45) is 5.84 Å². The number of para-hydroxylation sites is 1. The average molecular weight is 164 g/mol. The largest absolute Gasteiger partial charge is 0.263 e. The molecule has 1 aromatic rings. The number of nitrogens with one attached hydrogen (secondary N) is 1. The van der Waals surface area contributed by atoms with Crippen LogP contribution >= 0.6 is 0 Å². The molecule has 0 spiro atoms. The lowest BCUT2D eigenvalue weighted by atomic mass is 10.3. The highest BCUT2D eigenvalue weighted by atomic mass is 15.6. The van der Waals surface area contributed by atoms with Gasteiger partial charge in [-0.3, -0.25) is 5.32 Å². The molecule has 1 fully saturated rings. The van der Waals surface area contributed by atoms with Gasteiger partial charge in [-0.05, 0) is 0 Å². The Morgan fingerprint density at radius 2 is 2.00 bits per heavy atom. The van der Waals surface area contributed by atoms with Crippen LogP contribution in [0.25, 0.3) is 0 Å². The van der Waals surface area contributed by atoms with Gasteiger partial charge < -0.3 is 0 Å². The summed E-state index contributed by atoms with van der Waals surface area (Å²) in [5.41, 5.74) is 1.18. The molecular formula is C9H14N3+. The first-order valence-corrected chi connectivity index (χ1v) is 4.23. The topological polar surface area (TPSA) is 38.0 Å². The Kier molecular flexibility index (Phi) is 1.84. The van der Waals surface area contributed by atoms with Gasteiger partial charge in [-0.2, -0.15) is 5.84 Å². The number of hydrogen-bond acceptors (Lipinski definition) is 2. The molecule has 0 radical (unpaired) electrons.